The Morgan fingerprint density at radius 2 is 1.81 bits per heavy atom. The molecule has 9 nitrogen and oxygen atoms in total. The van der Waals surface area contributed by atoms with Crippen LogP contribution in [0.1, 0.15) is 17.3 Å². The molecule has 2 aromatic carbocycles. The number of carbonyl (C=O) groups is 2. The van der Waals surface area contributed by atoms with Gasteiger partial charge in [0.15, 0.2) is 0 Å². The third kappa shape index (κ3) is 4.72. The summed E-state index contributed by atoms with van der Waals surface area (Å²) in [5.74, 6) is -0.358. The maximum absolute atomic E-state index is 12.5. The fraction of sp³-hybridized carbons (Fsp3) is 0.222. The van der Waals surface area contributed by atoms with Gasteiger partial charge in [0, 0.05) is 38.3 Å². The van der Waals surface area contributed by atoms with Crippen molar-refractivity contribution >= 4 is 34.6 Å². The van der Waals surface area contributed by atoms with Crippen LogP contribution < -0.4 is 20.3 Å². The van der Waals surface area contributed by atoms with Gasteiger partial charge in [0.2, 0.25) is 5.91 Å². The molecule has 27 heavy (non-hydrogen) atoms. The molecule has 0 unspecified atom stereocenters. The fourth-order valence-electron chi connectivity index (χ4n) is 2.47. The molecule has 0 aliphatic carbocycles. The first-order valence-electron chi connectivity index (χ1n) is 7.95. The number of nitrogens with zero attached hydrogens (tertiary/aromatic N) is 2. The molecule has 2 amide bonds. The zero-order valence-corrected chi connectivity index (χ0v) is 15.4. The summed E-state index contributed by atoms with van der Waals surface area (Å²) in [4.78, 5) is 36.1. The Morgan fingerprint density at radius 1 is 1.11 bits per heavy atom. The van der Waals surface area contributed by atoms with Crippen LogP contribution in [-0.4, -0.2) is 37.9 Å². The van der Waals surface area contributed by atoms with Gasteiger partial charge in [-0.2, -0.15) is 0 Å². The third-order valence-corrected chi connectivity index (χ3v) is 3.68. The van der Waals surface area contributed by atoms with Crippen molar-refractivity contribution in [1.29, 1.82) is 0 Å². The fourth-order valence-corrected chi connectivity index (χ4v) is 2.47. The molecule has 0 aliphatic rings. The van der Waals surface area contributed by atoms with Gasteiger partial charge in [-0.3, -0.25) is 19.7 Å². The molecular formula is C18H20N4O5. The van der Waals surface area contributed by atoms with Crippen molar-refractivity contribution in [1.82, 2.24) is 0 Å². The van der Waals surface area contributed by atoms with E-state index in [0.29, 0.717) is 22.8 Å². The average molecular weight is 372 g/mol. The summed E-state index contributed by atoms with van der Waals surface area (Å²) in [5.41, 5.74) is 1.18. The molecule has 0 aromatic heterocycles. The van der Waals surface area contributed by atoms with Crippen molar-refractivity contribution in [2.45, 2.75) is 6.92 Å². The van der Waals surface area contributed by atoms with Crippen LogP contribution in [0.2, 0.25) is 0 Å². The summed E-state index contributed by atoms with van der Waals surface area (Å²) < 4.78 is 5.16. The highest BCUT2D eigenvalue weighted by Crippen LogP contribution is 2.30. The first-order chi connectivity index (χ1) is 12.7. The number of rotatable bonds is 6. The van der Waals surface area contributed by atoms with Crippen LogP contribution in [0.4, 0.5) is 22.7 Å². The molecule has 142 valence electrons. The highest BCUT2D eigenvalue weighted by Gasteiger charge is 2.19. The lowest BCUT2D eigenvalue weighted by Gasteiger charge is -2.14. The van der Waals surface area contributed by atoms with Crippen LogP contribution in [0, 0.1) is 10.1 Å². The number of nitrogens with one attached hydrogen (secondary N) is 2. The molecule has 0 heterocycles. The van der Waals surface area contributed by atoms with Crippen LogP contribution in [-0.2, 0) is 4.79 Å². The Labute approximate surface area is 156 Å². The molecule has 0 radical (unpaired) electrons. The van der Waals surface area contributed by atoms with E-state index in [1.165, 1.54) is 32.2 Å². The van der Waals surface area contributed by atoms with Gasteiger partial charge in [0.1, 0.15) is 11.4 Å². The van der Waals surface area contributed by atoms with E-state index < -0.39 is 10.8 Å². The normalized spacial score (nSPS) is 10.1. The van der Waals surface area contributed by atoms with E-state index in [4.69, 9.17) is 4.74 Å². The summed E-state index contributed by atoms with van der Waals surface area (Å²) in [6.07, 6.45) is 0. The highest BCUT2D eigenvalue weighted by molar-refractivity contribution is 6.05. The van der Waals surface area contributed by atoms with Crippen molar-refractivity contribution in [3.63, 3.8) is 0 Å². The first kappa shape index (κ1) is 19.7. The summed E-state index contributed by atoms with van der Waals surface area (Å²) in [6.45, 7) is 1.36. The Bertz CT molecular complexity index is 895. The average Bonchev–Trinajstić information content (AvgIpc) is 2.60. The lowest BCUT2D eigenvalue weighted by molar-refractivity contribution is -0.384. The van der Waals surface area contributed by atoms with Gasteiger partial charge >= 0.3 is 0 Å². The number of nitro groups is 1. The van der Waals surface area contributed by atoms with Crippen LogP contribution in [0.15, 0.2) is 36.4 Å². The van der Waals surface area contributed by atoms with Crippen LogP contribution in [0.25, 0.3) is 0 Å². The highest BCUT2D eigenvalue weighted by atomic mass is 16.6. The van der Waals surface area contributed by atoms with E-state index in [1.54, 1.807) is 37.2 Å². The molecule has 0 aliphatic heterocycles. The Balaban J connectivity index is 2.30. The van der Waals surface area contributed by atoms with E-state index in [-0.39, 0.29) is 17.2 Å². The Kier molecular flexibility index (Phi) is 5.96. The minimum absolute atomic E-state index is 0.143. The topological polar surface area (TPSA) is 114 Å². The second-order valence-corrected chi connectivity index (χ2v) is 5.91. The number of benzene rings is 2. The zero-order chi connectivity index (χ0) is 20.1. The lowest BCUT2D eigenvalue weighted by atomic mass is 10.1. The van der Waals surface area contributed by atoms with E-state index in [1.807, 2.05) is 0 Å². The largest absolute Gasteiger partial charge is 0.495 e. The molecule has 0 spiro atoms. The van der Waals surface area contributed by atoms with Gasteiger partial charge in [0.05, 0.1) is 17.7 Å². The molecule has 0 fully saturated rings. The van der Waals surface area contributed by atoms with Crippen molar-refractivity contribution in [2.24, 2.45) is 0 Å². The maximum atomic E-state index is 12.5. The summed E-state index contributed by atoms with van der Waals surface area (Å²) in [6, 6.07) is 8.99. The molecule has 2 rings (SSSR count). The van der Waals surface area contributed by atoms with Crippen molar-refractivity contribution in [2.75, 3.05) is 36.7 Å². The van der Waals surface area contributed by atoms with E-state index in [0.717, 1.165) is 0 Å². The first-order valence-corrected chi connectivity index (χ1v) is 7.95. The number of hydrogen-bond acceptors (Lipinski definition) is 6. The Hall–Kier alpha value is -3.62. The van der Waals surface area contributed by atoms with Crippen molar-refractivity contribution in [3.8, 4) is 5.75 Å². The number of methoxy groups -OCH3 is 1. The number of anilines is 3. The van der Waals surface area contributed by atoms with Gasteiger partial charge in [-0.15, -0.1) is 0 Å². The van der Waals surface area contributed by atoms with Crippen LogP contribution in [0.3, 0.4) is 0 Å². The van der Waals surface area contributed by atoms with Crippen LogP contribution >= 0.6 is 0 Å². The maximum Gasteiger partial charge on any atom is 0.293 e. The van der Waals surface area contributed by atoms with Gasteiger partial charge < -0.3 is 20.3 Å². The van der Waals surface area contributed by atoms with E-state index in [9.17, 15) is 19.7 Å². The lowest BCUT2D eigenvalue weighted by Crippen LogP contribution is -2.15. The molecule has 9 heteroatoms. The predicted octanol–water partition coefficient (Wildman–Crippen LogP) is 2.88. The molecular weight excluding hydrogens is 352 g/mol. The number of carbonyl (C=O) groups excluding carboxylic acids is 2. The van der Waals surface area contributed by atoms with Crippen molar-refractivity contribution in [3.05, 3.63) is 52.1 Å². The molecule has 2 N–H and O–H groups in total. The summed E-state index contributed by atoms with van der Waals surface area (Å²) in [7, 11) is 4.83. The van der Waals surface area contributed by atoms with Gasteiger partial charge in [0.25, 0.3) is 11.6 Å². The van der Waals surface area contributed by atoms with E-state index >= 15 is 0 Å². The summed E-state index contributed by atoms with van der Waals surface area (Å²) >= 11 is 0. The minimum atomic E-state index is -0.533. The number of nitro benzene ring substituents is 1. The van der Waals surface area contributed by atoms with Gasteiger partial charge in [-0.1, -0.05) is 0 Å². The molecule has 0 saturated carbocycles. The van der Waals surface area contributed by atoms with E-state index in [2.05, 4.69) is 10.6 Å². The second kappa shape index (κ2) is 8.17. The predicted molar refractivity (Wildman–Crippen MR) is 103 cm³/mol. The molecule has 0 atom stereocenters. The molecule has 0 bridgehead atoms. The second-order valence-electron chi connectivity index (χ2n) is 5.91. The SMILES string of the molecule is COc1ccc(NC(=O)c2ccc(N(C)C)c([N+](=O)[O-])c2)cc1NC(C)=O. The quantitative estimate of drug-likeness (QED) is 0.595. The number of ether oxygens (including phenoxy) is 1. The smallest absolute Gasteiger partial charge is 0.293 e. The monoisotopic (exact) mass is 372 g/mol. The number of amides is 2. The third-order valence-electron chi connectivity index (χ3n) is 3.68. The standard InChI is InChI=1S/C18H20N4O5/c1-11(23)19-14-10-13(6-8-17(14)27-4)20-18(24)12-5-7-15(21(2)3)16(9-12)22(25)26/h5-10H,1-4H3,(H,19,23)(H,20,24). The molecule has 0 saturated heterocycles. The zero-order valence-electron chi connectivity index (χ0n) is 15.4. The minimum Gasteiger partial charge on any atom is -0.495 e. The van der Waals surface area contributed by atoms with Gasteiger partial charge in [-0.05, 0) is 30.3 Å². The molecule has 2 aromatic rings. The van der Waals surface area contributed by atoms with Crippen LogP contribution in [0.5, 0.6) is 5.75 Å². The van der Waals surface area contributed by atoms with Gasteiger partial charge in [-0.25, -0.2) is 0 Å². The summed E-state index contributed by atoms with van der Waals surface area (Å²) in [5, 5.41) is 16.5. The van der Waals surface area contributed by atoms with Crippen molar-refractivity contribution < 1.29 is 19.2 Å². The Morgan fingerprint density at radius 3 is 2.37 bits per heavy atom. The number of hydrogen-bond donors (Lipinski definition) is 2.